The van der Waals surface area contributed by atoms with E-state index < -0.39 is 17.6 Å². The number of rotatable bonds is 5. The van der Waals surface area contributed by atoms with Gasteiger partial charge < -0.3 is 0 Å². The molecule has 1 N–H and O–H groups in total. The molecule has 0 spiro atoms. The van der Waals surface area contributed by atoms with Gasteiger partial charge in [-0.05, 0) is 23.8 Å². The fourth-order valence-electron chi connectivity index (χ4n) is 2.85. The summed E-state index contributed by atoms with van der Waals surface area (Å²) >= 11 is 1.24. The Morgan fingerprint density at radius 2 is 1.71 bits per heavy atom. The van der Waals surface area contributed by atoms with Crippen molar-refractivity contribution >= 4 is 22.4 Å². The van der Waals surface area contributed by atoms with Crippen LogP contribution >= 0.6 is 11.3 Å². The van der Waals surface area contributed by atoms with Gasteiger partial charge in [-0.3, -0.25) is 10.1 Å². The van der Waals surface area contributed by atoms with Crippen molar-refractivity contribution in [1.29, 1.82) is 0 Å². The van der Waals surface area contributed by atoms with Crippen LogP contribution in [0.3, 0.4) is 0 Å². The fraction of sp³-hybridized carbons (Fsp3) is 0.0909. The van der Waals surface area contributed by atoms with Gasteiger partial charge in [0.2, 0.25) is 5.82 Å². The van der Waals surface area contributed by atoms with Gasteiger partial charge in [-0.25, -0.2) is 15.0 Å². The van der Waals surface area contributed by atoms with Crippen molar-refractivity contribution in [3.63, 3.8) is 0 Å². The summed E-state index contributed by atoms with van der Waals surface area (Å²) in [7, 11) is 0. The Bertz CT molecular complexity index is 1190. The van der Waals surface area contributed by atoms with Crippen LogP contribution in [0.4, 0.5) is 18.3 Å². The molecule has 4 aromatic rings. The van der Waals surface area contributed by atoms with Gasteiger partial charge in [-0.15, -0.1) is 11.3 Å². The van der Waals surface area contributed by atoms with Crippen LogP contribution < -0.4 is 5.32 Å². The molecule has 156 valence electrons. The Kier molecular flexibility index (Phi) is 5.77. The summed E-state index contributed by atoms with van der Waals surface area (Å²) in [6, 6.07) is 16.1. The quantitative estimate of drug-likeness (QED) is 0.447. The predicted octanol–water partition coefficient (Wildman–Crippen LogP) is 5.46. The van der Waals surface area contributed by atoms with Gasteiger partial charge >= 0.3 is 6.18 Å². The van der Waals surface area contributed by atoms with Crippen LogP contribution in [-0.4, -0.2) is 20.9 Å². The highest BCUT2D eigenvalue weighted by Crippen LogP contribution is 2.30. The van der Waals surface area contributed by atoms with Crippen LogP contribution in [0.2, 0.25) is 0 Å². The van der Waals surface area contributed by atoms with E-state index in [-0.39, 0.29) is 5.82 Å². The first kappa shape index (κ1) is 20.7. The van der Waals surface area contributed by atoms with Gasteiger partial charge in [0.05, 0.1) is 11.3 Å². The molecule has 0 aliphatic carbocycles. The molecule has 2 aromatic carbocycles. The zero-order chi connectivity index (χ0) is 21.8. The van der Waals surface area contributed by atoms with E-state index in [1.165, 1.54) is 29.7 Å². The Morgan fingerprint density at radius 3 is 2.42 bits per heavy atom. The van der Waals surface area contributed by atoms with Crippen molar-refractivity contribution in [3.8, 4) is 11.3 Å². The number of nitrogens with zero attached hydrogens (tertiary/aromatic N) is 3. The van der Waals surface area contributed by atoms with E-state index in [0.717, 1.165) is 22.6 Å². The summed E-state index contributed by atoms with van der Waals surface area (Å²) in [5, 5.41) is 3.03. The first-order chi connectivity index (χ1) is 14.9. The average Bonchev–Trinajstić information content (AvgIpc) is 3.21. The summed E-state index contributed by atoms with van der Waals surface area (Å²) in [6.07, 6.45) is -0.854. The normalized spacial score (nSPS) is 11.3. The number of alkyl halides is 3. The Morgan fingerprint density at radius 1 is 0.968 bits per heavy atom. The summed E-state index contributed by atoms with van der Waals surface area (Å²) < 4.78 is 38.0. The lowest BCUT2D eigenvalue weighted by Crippen LogP contribution is -2.15. The minimum Gasteiger partial charge on any atom is -0.295 e. The van der Waals surface area contributed by atoms with Crippen molar-refractivity contribution < 1.29 is 18.0 Å². The smallest absolute Gasteiger partial charge is 0.295 e. The van der Waals surface area contributed by atoms with E-state index >= 15 is 0 Å². The number of anilines is 1. The van der Waals surface area contributed by atoms with Gasteiger partial charge in [0.25, 0.3) is 5.91 Å². The second kappa shape index (κ2) is 8.65. The number of hydrogen-bond donors (Lipinski definition) is 1. The van der Waals surface area contributed by atoms with Crippen LogP contribution in [0.5, 0.6) is 0 Å². The molecule has 0 fully saturated rings. The van der Waals surface area contributed by atoms with E-state index in [2.05, 4.69) is 20.3 Å². The number of carbonyl (C=O) groups excluding carboxylic acids is 1. The molecule has 5 nitrogen and oxygen atoms in total. The van der Waals surface area contributed by atoms with E-state index in [9.17, 15) is 18.0 Å². The first-order valence-electron chi connectivity index (χ1n) is 9.19. The molecule has 2 heterocycles. The summed E-state index contributed by atoms with van der Waals surface area (Å²) in [6.45, 7) is 0. The second-order valence-electron chi connectivity index (χ2n) is 6.59. The molecule has 0 unspecified atom stereocenters. The third kappa shape index (κ3) is 5.13. The van der Waals surface area contributed by atoms with Crippen molar-refractivity contribution in [2.24, 2.45) is 0 Å². The summed E-state index contributed by atoms with van der Waals surface area (Å²) in [5.41, 5.74) is 1.52. The lowest BCUT2D eigenvalue weighted by atomic mass is 10.1. The maximum absolute atomic E-state index is 12.7. The van der Waals surface area contributed by atoms with Gasteiger partial charge in [0.15, 0.2) is 5.13 Å². The number of halogens is 3. The highest BCUT2D eigenvalue weighted by molar-refractivity contribution is 7.15. The SMILES string of the molecule is O=C(Nc1ncc(Cc2ccc(C(F)(F)F)cc2)s1)c1nccc(-c2ccccc2)n1. The maximum atomic E-state index is 12.7. The van der Waals surface area contributed by atoms with Crippen molar-refractivity contribution in [1.82, 2.24) is 15.0 Å². The van der Waals surface area contributed by atoms with Crippen LogP contribution in [0.1, 0.15) is 26.6 Å². The monoisotopic (exact) mass is 440 g/mol. The number of hydrogen-bond acceptors (Lipinski definition) is 5. The standard InChI is InChI=1S/C22H15F3N4OS/c23-22(24,25)16-8-6-14(7-9-16)12-17-13-27-21(31-17)29-20(30)19-26-11-10-18(28-19)15-4-2-1-3-5-15/h1-11,13H,12H2,(H,27,29,30). The molecule has 31 heavy (non-hydrogen) atoms. The minimum atomic E-state index is -4.36. The lowest BCUT2D eigenvalue weighted by Gasteiger charge is -2.06. The highest BCUT2D eigenvalue weighted by Gasteiger charge is 2.29. The lowest BCUT2D eigenvalue weighted by molar-refractivity contribution is -0.137. The number of carbonyl (C=O) groups is 1. The van der Waals surface area contributed by atoms with E-state index in [1.807, 2.05) is 30.3 Å². The molecule has 0 bridgehead atoms. The Balaban J connectivity index is 1.43. The topological polar surface area (TPSA) is 67.8 Å². The first-order valence-corrected chi connectivity index (χ1v) is 10.0. The number of benzene rings is 2. The van der Waals surface area contributed by atoms with E-state index in [1.54, 1.807) is 12.3 Å². The largest absolute Gasteiger partial charge is 0.416 e. The third-order valence-corrected chi connectivity index (χ3v) is 5.27. The van der Waals surface area contributed by atoms with Gasteiger partial charge in [-0.2, -0.15) is 13.2 Å². The maximum Gasteiger partial charge on any atom is 0.416 e. The van der Waals surface area contributed by atoms with E-state index in [0.29, 0.717) is 22.8 Å². The minimum absolute atomic E-state index is 0.0147. The number of aromatic nitrogens is 3. The number of amides is 1. The molecule has 2 aromatic heterocycles. The summed E-state index contributed by atoms with van der Waals surface area (Å²) in [4.78, 5) is 25.8. The number of nitrogens with one attached hydrogen (secondary N) is 1. The predicted molar refractivity (Wildman–Crippen MR) is 112 cm³/mol. The molecule has 0 saturated carbocycles. The average molecular weight is 440 g/mol. The fourth-order valence-corrected chi connectivity index (χ4v) is 3.69. The zero-order valence-electron chi connectivity index (χ0n) is 15.9. The zero-order valence-corrected chi connectivity index (χ0v) is 16.7. The van der Waals surface area contributed by atoms with E-state index in [4.69, 9.17) is 0 Å². The van der Waals surface area contributed by atoms with Gasteiger partial charge in [-0.1, -0.05) is 42.5 Å². The van der Waals surface area contributed by atoms with Crippen molar-refractivity contribution in [3.05, 3.63) is 94.9 Å². The Hall–Kier alpha value is -3.59. The molecule has 0 aliphatic rings. The Labute approximate surface area is 179 Å². The third-order valence-electron chi connectivity index (χ3n) is 4.36. The molecule has 4 rings (SSSR count). The molecule has 1 amide bonds. The molecule has 0 saturated heterocycles. The van der Waals surface area contributed by atoms with Crippen molar-refractivity contribution in [2.45, 2.75) is 12.6 Å². The van der Waals surface area contributed by atoms with Gasteiger partial charge in [0.1, 0.15) is 0 Å². The van der Waals surface area contributed by atoms with Crippen LogP contribution in [0, 0.1) is 0 Å². The molecule has 0 atom stereocenters. The molecule has 0 radical (unpaired) electrons. The van der Waals surface area contributed by atoms with Crippen LogP contribution in [-0.2, 0) is 12.6 Å². The number of thiazole rings is 1. The molecular weight excluding hydrogens is 425 g/mol. The van der Waals surface area contributed by atoms with Crippen LogP contribution in [0.25, 0.3) is 11.3 Å². The van der Waals surface area contributed by atoms with Crippen molar-refractivity contribution in [2.75, 3.05) is 5.32 Å². The molecule has 0 aliphatic heterocycles. The second-order valence-corrected chi connectivity index (χ2v) is 7.70. The highest BCUT2D eigenvalue weighted by atomic mass is 32.1. The summed E-state index contributed by atoms with van der Waals surface area (Å²) in [5.74, 6) is -0.478. The molecular formula is C22H15F3N4OS. The van der Waals surface area contributed by atoms with Crippen LogP contribution in [0.15, 0.2) is 73.1 Å². The van der Waals surface area contributed by atoms with Gasteiger partial charge in [0, 0.05) is 29.3 Å². The molecule has 9 heteroatoms.